The van der Waals surface area contributed by atoms with E-state index in [1.165, 1.54) is 5.56 Å². The highest BCUT2D eigenvalue weighted by molar-refractivity contribution is 9.11. The van der Waals surface area contributed by atoms with Crippen LogP contribution >= 0.6 is 15.9 Å². The first kappa shape index (κ1) is 14.4. The minimum atomic E-state index is -0.168. The molecule has 0 aromatic heterocycles. The average molecular weight is 326 g/mol. The zero-order valence-electron chi connectivity index (χ0n) is 11.6. The average Bonchev–Trinajstić information content (AvgIpc) is 2.33. The molecule has 4 heteroatoms. The van der Waals surface area contributed by atoms with Gasteiger partial charge in [0.15, 0.2) is 0 Å². The highest BCUT2D eigenvalue weighted by Gasteiger charge is 2.33. The molecule has 1 atom stereocenters. The van der Waals surface area contributed by atoms with Crippen LogP contribution in [0.5, 0.6) is 11.5 Å². The van der Waals surface area contributed by atoms with Crippen LogP contribution in [0.25, 0.3) is 0 Å². The second kappa shape index (κ2) is 5.55. The van der Waals surface area contributed by atoms with Crippen molar-refractivity contribution >= 4 is 15.9 Å². The Hall–Kier alpha value is -1.00. The van der Waals surface area contributed by atoms with Gasteiger partial charge in [0.25, 0.3) is 0 Å². The van der Waals surface area contributed by atoms with Crippen LogP contribution in [0.4, 0.5) is 0 Å². The zero-order chi connectivity index (χ0) is 14.0. The van der Waals surface area contributed by atoms with Crippen molar-refractivity contribution in [1.29, 1.82) is 0 Å². The fraction of sp³-hybridized carbons (Fsp3) is 0.467. The molecule has 0 aliphatic carbocycles. The fourth-order valence-electron chi connectivity index (χ4n) is 2.34. The first-order chi connectivity index (χ1) is 8.91. The van der Waals surface area contributed by atoms with Gasteiger partial charge >= 0.3 is 0 Å². The lowest BCUT2D eigenvalue weighted by molar-refractivity contribution is 0.0671. The van der Waals surface area contributed by atoms with Gasteiger partial charge in [0.05, 0.1) is 0 Å². The largest absolute Gasteiger partial charge is 0.488 e. The van der Waals surface area contributed by atoms with Crippen LogP contribution < -0.4 is 14.8 Å². The Morgan fingerprint density at radius 2 is 2.32 bits per heavy atom. The predicted octanol–water partition coefficient (Wildman–Crippen LogP) is 3.80. The van der Waals surface area contributed by atoms with Gasteiger partial charge in [-0.2, -0.15) is 0 Å². The summed E-state index contributed by atoms with van der Waals surface area (Å²) in [7, 11) is 1.98. The van der Waals surface area contributed by atoms with Gasteiger partial charge in [-0.05, 0) is 27.0 Å². The monoisotopic (exact) mass is 325 g/mol. The van der Waals surface area contributed by atoms with Crippen LogP contribution in [-0.4, -0.2) is 19.3 Å². The molecule has 0 radical (unpaired) electrons. The maximum Gasteiger partial charge on any atom is 0.128 e. The van der Waals surface area contributed by atoms with Crippen molar-refractivity contribution in [2.45, 2.75) is 31.9 Å². The van der Waals surface area contributed by atoms with Gasteiger partial charge in [-0.15, -0.1) is 0 Å². The number of nitrogens with one attached hydrogen (secondary N) is 1. The molecular weight excluding hydrogens is 306 g/mol. The molecule has 0 saturated heterocycles. The van der Waals surface area contributed by atoms with Gasteiger partial charge in [-0.3, -0.25) is 0 Å². The quantitative estimate of drug-likeness (QED) is 0.913. The molecule has 0 amide bonds. The third-order valence-corrected chi connectivity index (χ3v) is 3.42. The Kier molecular flexibility index (Phi) is 4.21. The van der Waals surface area contributed by atoms with E-state index in [9.17, 15) is 0 Å². The molecule has 0 spiro atoms. The van der Waals surface area contributed by atoms with E-state index in [0.29, 0.717) is 12.6 Å². The lowest BCUT2D eigenvalue weighted by Crippen LogP contribution is -2.38. The van der Waals surface area contributed by atoms with Gasteiger partial charge in [0, 0.05) is 28.6 Å². The SMILES string of the molecule is C=C(Br)COc1ccc2c(c1)OC(C)(C)CC2NC. The van der Waals surface area contributed by atoms with Crippen molar-refractivity contribution in [3.05, 3.63) is 34.8 Å². The second-order valence-corrected chi connectivity index (χ2v) is 6.53. The van der Waals surface area contributed by atoms with Gasteiger partial charge in [0.1, 0.15) is 23.7 Å². The van der Waals surface area contributed by atoms with E-state index in [4.69, 9.17) is 9.47 Å². The molecular formula is C15H20BrNO2. The van der Waals surface area contributed by atoms with Crippen molar-refractivity contribution < 1.29 is 9.47 Å². The normalized spacial score (nSPS) is 20.3. The molecule has 0 saturated carbocycles. The Bertz CT molecular complexity index is 485. The Morgan fingerprint density at radius 1 is 1.58 bits per heavy atom. The van der Waals surface area contributed by atoms with E-state index in [-0.39, 0.29) is 5.60 Å². The van der Waals surface area contributed by atoms with E-state index in [1.807, 2.05) is 19.2 Å². The molecule has 1 aliphatic rings. The summed E-state index contributed by atoms with van der Waals surface area (Å²) in [5.41, 5.74) is 1.02. The molecule has 3 nitrogen and oxygen atoms in total. The van der Waals surface area contributed by atoms with E-state index < -0.39 is 0 Å². The minimum absolute atomic E-state index is 0.168. The number of rotatable bonds is 4. The number of benzene rings is 1. The van der Waals surface area contributed by atoms with Crippen molar-refractivity contribution in [2.75, 3.05) is 13.7 Å². The molecule has 1 N–H and O–H groups in total. The van der Waals surface area contributed by atoms with E-state index in [1.54, 1.807) is 0 Å². The van der Waals surface area contributed by atoms with Crippen LogP contribution in [0.3, 0.4) is 0 Å². The van der Waals surface area contributed by atoms with Crippen molar-refractivity contribution in [3.63, 3.8) is 0 Å². The highest BCUT2D eigenvalue weighted by atomic mass is 79.9. The zero-order valence-corrected chi connectivity index (χ0v) is 13.2. The number of hydrogen-bond donors (Lipinski definition) is 1. The predicted molar refractivity (Wildman–Crippen MR) is 81.1 cm³/mol. The summed E-state index contributed by atoms with van der Waals surface area (Å²) in [4.78, 5) is 0. The maximum atomic E-state index is 6.04. The van der Waals surface area contributed by atoms with E-state index >= 15 is 0 Å². The fourth-order valence-corrected chi connectivity index (χ4v) is 2.46. The van der Waals surface area contributed by atoms with Gasteiger partial charge < -0.3 is 14.8 Å². The molecule has 2 rings (SSSR count). The number of fused-ring (bicyclic) bond motifs is 1. The molecule has 19 heavy (non-hydrogen) atoms. The third-order valence-electron chi connectivity index (χ3n) is 3.19. The first-order valence-electron chi connectivity index (χ1n) is 6.37. The summed E-state index contributed by atoms with van der Waals surface area (Å²) >= 11 is 3.28. The third kappa shape index (κ3) is 3.51. The summed E-state index contributed by atoms with van der Waals surface area (Å²) in [6, 6.07) is 6.31. The summed E-state index contributed by atoms with van der Waals surface area (Å²) in [6.07, 6.45) is 0.953. The minimum Gasteiger partial charge on any atom is -0.488 e. The Labute approximate surface area is 123 Å². The standard InChI is InChI=1S/C15H20BrNO2/c1-10(16)9-18-11-5-6-12-13(17-4)8-15(2,3)19-14(12)7-11/h5-7,13,17H,1,8-9H2,2-4H3. The van der Waals surface area contributed by atoms with Crippen LogP contribution in [-0.2, 0) is 0 Å². The summed E-state index contributed by atoms with van der Waals surface area (Å²) in [5, 5.41) is 3.34. The van der Waals surface area contributed by atoms with Gasteiger partial charge in [0.2, 0.25) is 0 Å². The summed E-state index contributed by atoms with van der Waals surface area (Å²) in [5.74, 6) is 1.69. The molecule has 0 fully saturated rings. The Balaban J connectivity index is 2.25. The molecule has 1 aromatic carbocycles. The maximum absolute atomic E-state index is 6.04. The number of hydrogen-bond acceptors (Lipinski definition) is 3. The number of halogens is 1. The van der Waals surface area contributed by atoms with Crippen molar-refractivity contribution in [3.8, 4) is 11.5 Å². The van der Waals surface area contributed by atoms with Crippen LogP contribution in [0.15, 0.2) is 29.3 Å². The van der Waals surface area contributed by atoms with Gasteiger partial charge in [-0.1, -0.05) is 28.6 Å². The van der Waals surface area contributed by atoms with E-state index in [2.05, 4.69) is 47.7 Å². The Morgan fingerprint density at radius 3 is 2.95 bits per heavy atom. The second-order valence-electron chi connectivity index (χ2n) is 5.41. The summed E-state index contributed by atoms with van der Waals surface area (Å²) < 4.78 is 12.5. The van der Waals surface area contributed by atoms with Crippen LogP contribution in [0.2, 0.25) is 0 Å². The van der Waals surface area contributed by atoms with Gasteiger partial charge in [-0.25, -0.2) is 0 Å². The van der Waals surface area contributed by atoms with Crippen LogP contribution in [0.1, 0.15) is 31.9 Å². The molecule has 1 aliphatic heterocycles. The smallest absolute Gasteiger partial charge is 0.128 e. The lowest BCUT2D eigenvalue weighted by atomic mass is 9.90. The molecule has 0 bridgehead atoms. The summed E-state index contributed by atoms with van der Waals surface area (Å²) in [6.45, 7) is 8.42. The van der Waals surface area contributed by atoms with Crippen molar-refractivity contribution in [1.82, 2.24) is 5.32 Å². The number of ether oxygens (including phenoxy) is 2. The van der Waals surface area contributed by atoms with E-state index in [0.717, 1.165) is 22.4 Å². The lowest BCUT2D eigenvalue weighted by Gasteiger charge is -2.37. The highest BCUT2D eigenvalue weighted by Crippen LogP contribution is 2.41. The molecule has 1 heterocycles. The molecule has 1 unspecified atom stereocenters. The van der Waals surface area contributed by atoms with Crippen molar-refractivity contribution in [2.24, 2.45) is 0 Å². The molecule has 104 valence electrons. The first-order valence-corrected chi connectivity index (χ1v) is 7.17. The van der Waals surface area contributed by atoms with Crippen LogP contribution in [0, 0.1) is 0 Å². The molecule has 1 aromatic rings. The topological polar surface area (TPSA) is 30.5 Å².